The first kappa shape index (κ1) is 17.9. The van der Waals surface area contributed by atoms with Gasteiger partial charge in [0.15, 0.2) is 0 Å². The highest BCUT2D eigenvalue weighted by atomic mass is 32.1. The Morgan fingerprint density at radius 3 is 2.67 bits per heavy atom. The first-order chi connectivity index (χ1) is 13.2. The Bertz CT molecular complexity index is 899. The van der Waals surface area contributed by atoms with Crippen LogP contribution in [0.4, 0.5) is 4.39 Å². The number of carbonyl (C=O) groups is 1. The van der Waals surface area contributed by atoms with Crippen molar-refractivity contribution in [2.24, 2.45) is 0 Å². The Balaban J connectivity index is 1.57. The fourth-order valence-corrected chi connectivity index (χ4v) is 3.97. The fraction of sp³-hybridized carbons (Fsp3) is 0.300. The molecule has 2 aromatic heterocycles. The third-order valence-corrected chi connectivity index (χ3v) is 5.59. The van der Waals surface area contributed by atoms with Crippen molar-refractivity contribution in [3.63, 3.8) is 0 Å². The molecule has 3 aromatic rings. The number of hydrogen-bond donors (Lipinski definition) is 1. The Morgan fingerprint density at radius 1 is 1.19 bits per heavy atom. The van der Waals surface area contributed by atoms with E-state index < -0.39 is 0 Å². The summed E-state index contributed by atoms with van der Waals surface area (Å²) in [5.41, 5.74) is 1.84. The summed E-state index contributed by atoms with van der Waals surface area (Å²) in [5, 5.41) is 9.56. The molecule has 5 nitrogen and oxygen atoms in total. The van der Waals surface area contributed by atoms with E-state index in [0.717, 1.165) is 30.2 Å². The Morgan fingerprint density at radius 2 is 1.96 bits per heavy atom. The van der Waals surface area contributed by atoms with Crippen LogP contribution in [0.3, 0.4) is 0 Å². The van der Waals surface area contributed by atoms with Gasteiger partial charge in [-0.05, 0) is 67.7 Å². The van der Waals surface area contributed by atoms with E-state index in [1.165, 1.54) is 25.0 Å². The van der Waals surface area contributed by atoms with E-state index in [9.17, 15) is 9.18 Å². The minimum atomic E-state index is -0.319. The maximum atomic E-state index is 13.3. The van der Waals surface area contributed by atoms with E-state index in [4.69, 9.17) is 0 Å². The van der Waals surface area contributed by atoms with Crippen molar-refractivity contribution < 1.29 is 9.18 Å². The number of rotatable bonds is 6. The van der Waals surface area contributed by atoms with Gasteiger partial charge in [-0.1, -0.05) is 6.07 Å². The molecular weight excluding hydrogens is 363 g/mol. The zero-order valence-corrected chi connectivity index (χ0v) is 15.7. The van der Waals surface area contributed by atoms with Crippen LogP contribution in [0.2, 0.25) is 0 Å². The van der Waals surface area contributed by atoms with Gasteiger partial charge in [-0.15, -0.1) is 11.3 Å². The van der Waals surface area contributed by atoms with Crippen molar-refractivity contribution in [3.05, 3.63) is 59.4 Å². The molecule has 1 aliphatic rings. The summed E-state index contributed by atoms with van der Waals surface area (Å²) in [6, 6.07) is 11.7. The predicted molar refractivity (Wildman–Crippen MR) is 105 cm³/mol. The number of nitrogens with zero attached hydrogens (tertiary/aromatic N) is 3. The average molecular weight is 384 g/mol. The minimum absolute atomic E-state index is 0.172. The molecule has 3 heterocycles. The lowest BCUT2D eigenvalue weighted by Gasteiger charge is -2.15. The van der Waals surface area contributed by atoms with Gasteiger partial charge >= 0.3 is 0 Å². The number of amides is 1. The molecule has 140 valence electrons. The molecule has 1 aliphatic heterocycles. The van der Waals surface area contributed by atoms with Gasteiger partial charge < -0.3 is 10.2 Å². The number of benzene rings is 1. The van der Waals surface area contributed by atoms with Crippen molar-refractivity contribution in [1.29, 1.82) is 0 Å². The summed E-state index contributed by atoms with van der Waals surface area (Å²) in [7, 11) is 0. The first-order valence-corrected chi connectivity index (χ1v) is 9.99. The first-order valence-electron chi connectivity index (χ1n) is 9.11. The summed E-state index contributed by atoms with van der Waals surface area (Å²) >= 11 is 1.57. The van der Waals surface area contributed by atoms with Gasteiger partial charge in [0.1, 0.15) is 17.2 Å². The molecule has 4 rings (SSSR count). The molecule has 0 atom stereocenters. The highest BCUT2D eigenvalue weighted by Gasteiger charge is 2.18. The molecule has 1 fully saturated rings. The monoisotopic (exact) mass is 384 g/mol. The normalized spacial score (nSPS) is 14.6. The Hall–Kier alpha value is -2.51. The SMILES string of the molecule is O=C(NCCN1CCCC1)c1cc(-c2cccs2)nn1-c1ccc(F)cc1. The van der Waals surface area contributed by atoms with E-state index in [1.807, 2.05) is 17.5 Å². The van der Waals surface area contributed by atoms with E-state index in [-0.39, 0.29) is 11.7 Å². The van der Waals surface area contributed by atoms with Crippen molar-refractivity contribution in [2.75, 3.05) is 26.2 Å². The second-order valence-electron chi connectivity index (χ2n) is 6.58. The zero-order valence-electron chi connectivity index (χ0n) is 14.9. The van der Waals surface area contributed by atoms with Crippen LogP contribution in [0.5, 0.6) is 0 Å². The summed E-state index contributed by atoms with van der Waals surface area (Å²) in [6.07, 6.45) is 2.46. The Labute approximate surface area is 161 Å². The number of hydrogen-bond acceptors (Lipinski definition) is 4. The van der Waals surface area contributed by atoms with Crippen LogP contribution in [0.1, 0.15) is 23.3 Å². The van der Waals surface area contributed by atoms with Crippen LogP contribution >= 0.6 is 11.3 Å². The topological polar surface area (TPSA) is 50.2 Å². The number of likely N-dealkylation sites (tertiary alicyclic amines) is 1. The summed E-state index contributed by atoms with van der Waals surface area (Å²) in [5.74, 6) is -0.491. The van der Waals surface area contributed by atoms with E-state index >= 15 is 0 Å². The summed E-state index contributed by atoms with van der Waals surface area (Å²) < 4.78 is 14.9. The van der Waals surface area contributed by atoms with Gasteiger partial charge in [0.2, 0.25) is 0 Å². The van der Waals surface area contributed by atoms with Gasteiger partial charge in [-0.2, -0.15) is 5.10 Å². The molecule has 0 radical (unpaired) electrons. The number of aromatic nitrogens is 2. The minimum Gasteiger partial charge on any atom is -0.349 e. The number of nitrogens with one attached hydrogen (secondary N) is 1. The van der Waals surface area contributed by atoms with E-state index in [2.05, 4.69) is 15.3 Å². The highest BCUT2D eigenvalue weighted by molar-refractivity contribution is 7.13. The number of carbonyl (C=O) groups excluding carboxylic acids is 1. The highest BCUT2D eigenvalue weighted by Crippen LogP contribution is 2.26. The summed E-state index contributed by atoms with van der Waals surface area (Å²) in [6.45, 7) is 3.66. The maximum Gasteiger partial charge on any atom is 0.270 e. The number of thiophene rings is 1. The van der Waals surface area contributed by atoms with E-state index in [1.54, 1.807) is 34.2 Å². The van der Waals surface area contributed by atoms with Gasteiger partial charge in [0.05, 0.1) is 10.6 Å². The summed E-state index contributed by atoms with van der Waals surface area (Å²) in [4.78, 5) is 16.1. The van der Waals surface area contributed by atoms with Crippen molar-refractivity contribution in [1.82, 2.24) is 20.0 Å². The van der Waals surface area contributed by atoms with Crippen LogP contribution in [0.15, 0.2) is 47.8 Å². The van der Waals surface area contributed by atoms with Crippen molar-refractivity contribution in [2.45, 2.75) is 12.8 Å². The van der Waals surface area contributed by atoms with Crippen LogP contribution in [0, 0.1) is 5.82 Å². The second kappa shape index (κ2) is 8.02. The maximum absolute atomic E-state index is 13.3. The molecule has 1 saturated heterocycles. The third-order valence-electron chi connectivity index (χ3n) is 4.70. The lowest BCUT2D eigenvalue weighted by atomic mass is 10.2. The molecule has 1 aromatic carbocycles. The smallest absolute Gasteiger partial charge is 0.270 e. The molecule has 0 aliphatic carbocycles. The molecule has 1 amide bonds. The molecule has 0 spiro atoms. The lowest BCUT2D eigenvalue weighted by molar-refractivity contribution is 0.0942. The van der Waals surface area contributed by atoms with Crippen LogP contribution in [-0.4, -0.2) is 46.8 Å². The van der Waals surface area contributed by atoms with Crippen LogP contribution in [0.25, 0.3) is 16.3 Å². The van der Waals surface area contributed by atoms with Gasteiger partial charge in [0, 0.05) is 13.1 Å². The largest absolute Gasteiger partial charge is 0.349 e. The van der Waals surface area contributed by atoms with Gasteiger partial charge in [0.25, 0.3) is 5.91 Å². The molecule has 0 saturated carbocycles. The van der Waals surface area contributed by atoms with Crippen LogP contribution < -0.4 is 5.32 Å². The van der Waals surface area contributed by atoms with Gasteiger partial charge in [-0.3, -0.25) is 4.79 Å². The number of halogens is 1. The third kappa shape index (κ3) is 4.09. The molecule has 0 bridgehead atoms. The van der Waals surface area contributed by atoms with E-state index in [0.29, 0.717) is 17.9 Å². The zero-order chi connectivity index (χ0) is 18.6. The fourth-order valence-electron chi connectivity index (χ4n) is 3.29. The second-order valence-corrected chi connectivity index (χ2v) is 7.53. The Kier molecular flexibility index (Phi) is 5.31. The predicted octanol–water partition coefficient (Wildman–Crippen LogP) is 3.57. The van der Waals surface area contributed by atoms with Gasteiger partial charge in [-0.25, -0.2) is 9.07 Å². The molecule has 7 heteroatoms. The van der Waals surface area contributed by atoms with Crippen molar-refractivity contribution >= 4 is 17.2 Å². The molecular formula is C20H21FN4OS. The average Bonchev–Trinajstić information content (AvgIpc) is 3.43. The molecule has 0 unspecified atom stereocenters. The van der Waals surface area contributed by atoms with Crippen LogP contribution in [-0.2, 0) is 0 Å². The lowest BCUT2D eigenvalue weighted by Crippen LogP contribution is -2.34. The standard InChI is InChI=1S/C20H21FN4OS/c21-15-5-7-16(8-6-15)25-18(14-17(23-25)19-4-3-13-27-19)20(26)22-9-12-24-10-1-2-11-24/h3-8,13-14H,1-2,9-12H2,(H,22,26). The quantitative estimate of drug-likeness (QED) is 0.707. The van der Waals surface area contributed by atoms with Crippen molar-refractivity contribution in [3.8, 4) is 16.3 Å². The molecule has 27 heavy (non-hydrogen) atoms. The molecule has 1 N–H and O–H groups in total.